The second-order valence-corrected chi connectivity index (χ2v) is 4.53. The van der Waals surface area contributed by atoms with Crippen LogP contribution in [0.3, 0.4) is 0 Å². The predicted octanol–water partition coefficient (Wildman–Crippen LogP) is 2.69. The largest absolute Gasteiger partial charge is 0.461 e. The molecule has 15 heavy (non-hydrogen) atoms. The molecule has 0 amide bonds. The lowest BCUT2D eigenvalue weighted by Crippen LogP contribution is -2.06. The van der Waals surface area contributed by atoms with Crippen LogP contribution in [-0.4, -0.2) is 18.7 Å². The van der Waals surface area contributed by atoms with Crippen LogP contribution in [0.5, 0.6) is 0 Å². The number of hydrogen-bond donors (Lipinski definition) is 0. The molecular formula is C9H13O5P. The molecule has 0 spiro atoms. The number of carbonyl (C=O) groups is 1. The fraction of sp³-hybridized carbons (Fsp3) is 0.444. The molecule has 6 heteroatoms. The van der Waals surface area contributed by atoms with Gasteiger partial charge in [-0.2, -0.15) is 0 Å². The van der Waals surface area contributed by atoms with E-state index in [0.29, 0.717) is 0 Å². The molecule has 0 aromatic carbocycles. The summed E-state index contributed by atoms with van der Waals surface area (Å²) in [5.74, 6) is -0.0137. The molecule has 1 heterocycles. The van der Waals surface area contributed by atoms with Gasteiger partial charge >= 0.3 is 13.1 Å². The van der Waals surface area contributed by atoms with Crippen LogP contribution in [-0.2, 0) is 13.6 Å². The van der Waals surface area contributed by atoms with E-state index < -0.39 is 13.1 Å². The van der Waals surface area contributed by atoms with E-state index in [1.165, 1.54) is 18.4 Å². The van der Waals surface area contributed by atoms with Crippen molar-refractivity contribution in [3.05, 3.63) is 24.2 Å². The standard InChI is InChI=1S/C9H13O5P/c1-3-13-15(11,14-4-2)9(10)8-6-5-7-12-8/h5-7H,3-4H2,1-2H3. The maximum absolute atomic E-state index is 12.0. The van der Waals surface area contributed by atoms with Crippen molar-refractivity contribution in [2.24, 2.45) is 0 Å². The van der Waals surface area contributed by atoms with Crippen LogP contribution in [0.15, 0.2) is 22.8 Å². The summed E-state index contributed by atoms with van der Waals surface area (Å²) in [5, 5.41) is 0. The van der Waals surface area contributed by atoms with E-state index in [2.05, 4.69) is 0 Å². The van der Waals surface area contributed by atoms with Gasteiger partial charge < -0.3 is 13.5 Å². The highest BCUT2D eigenvalue weighted by Gasteiger charge is 2.36. The average molecular weight is 232 g/mol. The summed E-state index contributed by atoms with van der Waals surface area (Å²) in [6.45, 7) is 3.57. The summed E-state index contributed by atoms with van der Waals surface area (Å²) < 4.78 is 26.6. The molecule has 84 valence electrons. The van der Waals surface area contributed by atoms with Crippen molar-refractivity contribution >= 4 is 13.1 Å². The maximum Gasteiger partial charge on any atom is 0.404 e. The highest BCUT2D eigenvalue weighted by atomic mass is 31.2. The van der Waals surface area contributed by atoms with Crippen LogP contribution < -0.4 is 0 Å². The van der Waals surface area contributed by atoms with Gasteiger partial charge in [-0.15, -0.1) is 0 Å². The van der Waals surface area contributed by atoms with Crippen molar-refractivity contribution in [2.75, 3.05) is 13.2 Å². The van der Waals surface area contributed by atoms with E-state index in [9.17, 15) is 9.36 Å². The SMILES string of the molecule is CCOP(=O)(OCC)C(=O)c1ccco1. The van der Waals surface area contributed by atoms with Crippen LogP contribution >= 0.6 is 7.60 Å². The van der Waals surface area contributed by atoms with Gasteiger partial charge in [-0.3, -0.25) is 9.36 Å². The minimum absolute atomic E-state index is 0.0137. The van der Waals surface area contributed by atoms with Crippen molar-refractivity contribution in [1.82, 2.24) is 0 Å². The highest BCUT2D eigenvalue weighted by molar-refractivity contribution is 7.72. The monoisotopic (exact) mass is 232 g/mol. The van der Waals surface area contributed by atoms with Crippen molar-refractivity contribution in [2.45, 2.75) is 13.8 Å². The molecule has 0 aliphatic carbocycles. The van der Waals surface area contributed by atoms with Gasteiger partial charge in [0, 0.05) is 0 Å². The third-order valence-electron chi connectivity index (χ3n) is 1.58. The Morgan fingerprint density at radius 2 is 2.00 bits per heavy atom. The van der Waals surface area contributed by atoms with Crippen molar-refractivity contribution < 1.29 is 22.8 Å². The van der Waals surface area contributed by atoms with Crippen LogP contribution in [0.4, 0.5) is 0 Å². The Morgan fingerprint density at radius 1 is 1.40 bits per heavy atom. The summed E-state index contributed by atoms with van der Waals surface area (Å²) >= 11 is 0. The van der Waals surface area contributed by atoms with Gasteiger partial charge in [0.15, 0.2) is 5.76 Å². The van der Waals surface area contributed by atoms with E-state index in [-0.39, 0.29) is 19.0 Å². The molecule has 5 nitrogen and oxygen atoms in total. The zero-order valence-corrected chi connectivity index (χ0v) is 9.53. The highest BCUT2D eigenvalue weighted by Crippen LogP contribution is 2.51. The summed E-state index contributed by atoms with van der Waals surface area (Å²) in [5.41, 5.74) is -0.740. The Labute approximate surface area is 87.9 Å². The summed E-state index contributed by atoms with van der Waals surface area (Å²) in [4.78, 5) is 11.7. The van der Waals surface area contributed by atoms with Crippen LogP contribution in [0.1, 0.15) is 24.4 Å². The van der Waals surface area contributed by atoms with Crippen molar-refractivity contribution in [3.8, 4) is 0 Å². The molecule has 0 saturated heterocycles. The van der Waals surface area contributed by atoms with Crippen molar-refractivity contribution in [3.63, 3.8) is 0 Å². The quantitative estimate of drug-likeness (QED) is 0.705. The molecule has 0 radical (unpaired) electrons. The van der Waals surface area contributed by atoms with Crippen LogP contribution in [0.25, 0.3) is 0 Å². The van der Waals surface area contributed by atoms with E-state index >= 15 is 0 Å². The zero-order chi connectivity index (χ0) is 11.3. The fourth-order valence-corrected chi connectivity index (χ4v) is 2.42. The van der Waals surface area contributed by atoms with Crippen molar-refractivity contribution in [1.29, 1.82) is 0 Å². The Balaban J connectivity index is 2.90. The third-order valence-corrected chi connectivity index (χ3v) is 3.49. The average Bonchev–Trinajstić information content (AvgIpc) is 2.70. The number of hydrogen-bond acceptors (Lipinski definition) is 5. The molecule has 1 rings (SSSR count). The second-order valence-electron chi connectivity index (χ2n) is 2.62. The van der Waals surface area contributed by atoms with Gasteiger partial charge in [-0.25, -0.2) is 0 Å². The molecule has 0 bridgehead atoms. The summed E-state index contributed by atoms with van der Waals surface area (Å²) in [6, 6.07) is 2.96. The molecule has 0 aliphatic rings. The first-order valence-corrected chi connectivity index (χ1v) is 6.15. The van der Waals surface area contributed by atoms with Gasteiger partial charge in [-0.05, 0) is 26.0 Å². The van der Waals surface area contributed by atoms with E-state index in [0.717, 1.165) is 0 Å². The summed E-state index contributed by atoms with van der Waals surface area (Å²) in [6.07, 6.45) is 1.33. The predicted molar refractivity (Wildman–Crippen MR) is 53.9 cm³/mol. The number of furan rings is 1. The summed E-state index contributed by atoms with van der Waals surface area (Å²) in [7, 11) is -3.73. The first-order valence-electron chi connectivity index (χ1n) is 4.61. The van der Waals surface area contributed by atoms with Gasteiger partial charge in [0.1, 0.15) is 0 Å². The van der Waals surface area contributed by atoms with Gasteiger partial charge in [0.2, 0.25) is 0 Å². The minimum atomic E-state index is -3.73. The second kappa shape index (κ2) is 5.26. The topological polar surface area (TPSA) is 65.7 Å². The molecule has 0 atom stereocenters. The molecule has 1 aromatic heterocycles. The lowest BCUT2D eigenvalue weighted by molar-refractivity contribution is 0.0976. The Hall–Kier alpha value is -0.900. The third kappa shape index (κ3) is 2.78. The molecular weight excluding hydrogens is 219 g/mol. The lowest BCUT2D eigenvalue weighted by Gasteiger charge is -2.13. The Kier molecular flexibility index (Phi) is 4.27. The Bertz CT molecular complexity index is 347. The van der Waals surface area contributed by atoms with E-state index in [1.54, 1.807) is 13.8 Å². The Morgan fingerprint density at radius 3 is 2.40 bits per heavy atom. The smallest absolute Gasteiger partial charge is 0.404 e. The van der Waals surface area contributed by atoms with Gasteiger partial charge in [0.05, 0.1) is 19.5 Å². The maximum atomic E-state index is 12.0. The van der Waals surface area contributed by atoms with E-state index in [4.69, 9.17) is 13.5 Å². The molecule has 0 N–H and O–H groups in total. The van der Waals surface area contributed by atoms with Crippen LogP contribution in [0.2, 0.25) is 0 Å². The minimum Gasteiger partial charge on any atom is -0.461 e. The molecule has 0 fully saturated rings. The molecule has 0 unspecified atom stereocenters. The normalized spacial score (nSPS) is 11.6. The van der Waals surface area contributed by atoms with Crippen LogP contribution in [0, 0.1) is 0 Å². The number of carbonyl (C=O) groups excluding carboxylic acids is 1. The lowest BCUT2D eigenvalue weighted by atomic mass is 10.5. The van der Waals surface area contributed by atoms with Gasteiger partial charge in [0.25, 0.3) is 0 Å². The zero-order valence-electron chi connectivity index (χ0n) is 8.63. The fourth-order valence-electron chi connectivity index (χ4n) is 1.03. The van der Waals surface area contributed by atoms with Gasteiger partial charge in [-0.1, -0.05) is 0 Å². The molecule has 0 saturated carbocycles. The number of rotatable bonds is 6. The first kappa shape index (κ1) is 12.2. The molecule has 1 aromatic rings. The first-order chi connectivity index (χ1) is 7.14. The van der Waals surface area contributed by atoms with E-state index in [1.807, 2.05) is 0 Å². The molecule has 0 aliphatic heterocycles.